The van der Waals surface area contributed by atoms with Crippen molar-refractivity contribution in [3.05, 3.63) is 11.7 Å². The molecule has 0 bridgehead atoms. The van der Waals surface area contributed by atoms with Crippen LogP contribution in [0.4, 0.5) is 0 Å². The summed E-state index contributed by atoms with van der Waals surface area (Å²) >= 11 is 0. The standard InChI is InChI=1S/C14H23N5O2/c15-5-6-16-14(20)11-2-1-7-19(8-11)9-12-17-13(18-21-12)10-3-4-10/h10-11H,1-9,15H2,(H,16,20). The zero-order valence-electron chi connectivity index (χ0n) is 12.3. The summed E-state index contributed by atoms with van der Waals surface area (Å²) in [5.41, 5.74) is 5.41. The zero-order chi connectivity index (χ0) is 14.7. The topological polar surface area (TPSA) is 97.3 Å². The maximum Gasteiger partial charge on any atom is 0.240 e. The van der Waals surface area contributed by atoms with E-state index in [0.29, 0.717) is 31.4 Å². The third kappa shape index (κ3) is 3.79. The molecule has 0 spiro atoms. The predicted octanol–water partition coefficient (Wildman–Crippen LogP) is 0.234. The summed E-state index contributed by atoms with van der Waals surface area (Å²) in [5.74, 6) is 2.17. The first-order chi connectivity index (χ1) is 10.3. The van der Waals surface area contributed by atoms with Crippen molar-refractivity contribution in [1.82, 2.24) is 20.4 Å². The summed E-state index contributed by atoms with van der Waals surface area (Å²) in [6, 6.07) is 0. The molecular weight excluding hydrogens is 270 g/mol. The van der Waals surface area contributed by atoms with Crippen molar-refractivity contribution in [1.29, 1.82) is 0 Å². The minimum Gasteiger partial charge on any atom is -0.355 e. The van der Waals surface area contributed by atoms with E-state index in [0.717, 1.165) is 31.8 Å². The number of aromatic nitrogens is 2. The molecule has 3 rings (SSSR count). The highest BCUT2D eigenvalue weighted by Crippen LogP contribution is 2.38. The highest BCUT2D eigenvalue weighted by atomic mass is 16.5. The summed E-state index contributed by atoms with van der Waals surface area (Å²) in [6.45, 7) is 3.39. The molecule has 2 fully saturated rings. The van der Waals surface area contributed by atoms with E-state index in [1.165, 1.54) is 12.8 Å². The molecule has 7 nitrogen and oxygen atoms in total. The SMILES string of the molecule is NCCNC(=O)C1CCCN(Cc2nc(C3CC3)no2)C1. The van der Waals surface area contributed by atoms with E-state index in [1.807, 2.05) is 0 Å². The van der Waals surface area contributed by atoms with Crippen LogP contribution in [-0.2, 0) is 11.3 Å². The van der Waals surface area contributed by atoms with Crippen LogP contribution in [0, 0.1) is 5.92 Å². The molecule has 1 aromatic heterocycles. The fourth-order valence-corrected chi connectivity index (χ4v) is 2.78. The highest BCUT2D eigenvalue weighted by molar-refractivity contribution is 5.78. The number of piperidine rings is 1. The molecule has 0 aromatic carbocycles. The van der Waals surface area contributed by atoms with E-state index in [2.05, 4.69) is 20.4 Å². The van der Waals surface area contributed by atoms with Crippen LogP contribution in [0.25, 0.3) is 0 Å². The first-order valence-electron chi connectivity index (χ1n) is 7.79. The smallest absolute Gasteiger partial charge is 0.240 e. The van der Waals surface area contributed by atoms with Gasteiger partial charge in [0.1, 0.15) is 0 Å². The monoisotopic (exact) mass is 293 g/mol. The first kappa shape index (κ1) is 14.5. The van der Waals surface area contributed by atoms with Gasteiger partial charge in [-0.3, -0.25) is 9.69 Å². The van der Waals surface area contributed by atoms with Crippen molar-refractivity contribution in [3.8, 4) is 0 Å². The molecule has 3 N–H and O–H groups in total. The van der Waals surface area contributed by atoms with Crippen molar-refractivity contribution >= 4 is 5.91 Å². The second-order valence-corrected chi connectivity index (χ2v) is 5.97. The van der Waals surface area contributed by atoms with Crippen LogP contribution in [0.2, 0.25) is 0 Å². The summed E-state index contributed by atoms with van der Waals surface area (Å²) in [5, 5.41) is 6.90. The van der Waals surface area contributed by atoms with Gasteiger partial charge in [-0.15, -0.1) is 0 Å². The average molecular weight is 293 g/mol. The van der Waals surface area contributed by atoms with Crippen LogP contribution in [0.3, 0.4) is 0 Å². The predicted molar refractivity (Wildman–Crippen MR) is 76.3 cm³/mol. The summed E-state index contributed by atoms with van der Waals surface area (Å²) < 4.78 is 5.31. The fraction of sp³-hybridized carbons (Fsp3) is 0.786. The summed E-state index contributed by atoms with van der Waals surface area (Å²) in [4.78, 5) is 18.7. The largest absolute Gasteiger partial charge is 0.355 e. The second-order valence-electron chi connectivity index (χ2n) is 5.97. The molecule has 0 radical (unpaired) electrons. The Morgan fingerprint density at radius 1 is 1.43 bits per heavy atom. The number of nitrogens with one attached hydrogen (secondary N) is 1. The number of amides is 1. The Hall–Kier alpha value is -1.47. The lowest BCUT2D eigenvalue weighted by Crippen LogP contribution is -2.43. The van der Waals surface area contributed by atoms with Gasteiger partial charge < -0.3 is 15.6 Å². The van der Waals surface area contributed by atoms with Gasteiger partial charge in [-0.2, -0.15) is 4.98 Å². The number of hydrogen-bond donors (Lipinski definition) is 2. The molecule has 1 aliphatic carbocycles. The van der Waals surface area contributed by atoms with Gasteiger partial charge in [-0.1, -0.05) is 5.16 Å². The molecule has 2 aliphatic rings. The average Bonchev–Trinajstić information content (AvgIpc) is 3.25. The number of hydrogen-bond acceptors (Lipinski definition) is 6. The Bertz CT molecular complexity index is 485. The lowest BCUT2D eigenvalue weighted by molar-refractivity contribution is -0.126. The van der Waals surface area contributed by atoms with Crippen molar-refractivity contribution in [2.24, 2.45) is 11.7 Å². The van der Waals surface area contributed by atoms with Crippen LogP contribution < -0.4 is 11.1 Å². The van der Waals surface area contributed by atoms with Gasteiger partial charge in [0.05, 0.1) is 12.5 Å². The Labute approximate surface area is 124 Å². The third-order valence-corrected chi connectivity index (χ3v) is 4.11. The van der Waals surface area contributed by atoms with Gasteiger partial charge in [0, 0.05) is 25.6 Å². The van der Waals surface area contributed by atoms with Crippen LogP contribution in [0.5, 0.6) is 0 Å². The van der Waals surface area contributed by atoms with E-state index in [1.54, 1.807) is 0 Å². The highest BCUT2D eigenvalue weighted by Gasteiger charge is 2.30. The van der Waals surface area contributed by atoms with E-state index < -0.39 is 0 Å². The molecule has 1 amide bonds. The molecule has 1 unspecified atom stereocenters. The molecule has 1 saturated carbocycles. The number of nitrogens with zero attached hydrogens (tertiary/aromatic N) is 3. The second kappa shape index (κ2) is 6.53. The minimum absolute atomic E-state index is 0.0381. The zero-order valence-corrected chi connectivity index (χ0v) is 12.3. The van der Waals surface area contributed by atoms with E-state index in [4.69, 9.17) is 10.3 Å². The maximum absolute atomic E-state index is 12.0. The first-order valence-corrected chi connectivity index (χ1v) is 7.79. The Kier molecular flexibility index (Phi) is 4.50. The minimum atomic E-state index is 0.0381. The normalized spacial score (nSPS) is 23.2. The lowest BCUT2D eigenvalue weighted by atomic mass is 9.97. The van der Waals surface area contributed by atoms with Crippen LogP contribution in [0.15, 0.2) is 4.52 Å². The Balaban J connectivity index is 1.51. The molecular formula is C14H23N5O2. The van der Waals surface area contributed by atoms with Crippen LogP contribution in [-0.4, -0.2) is 47.1 Å². The summed E-state index contributed by atoms with van der Waals surface area (Å²) in [7, 11) is 0. The van der Waals surface area contributed by atoms with Crippen molar-refractivity contribution in [2.75, 3.05) is 26.2 Å². The molecule has 21 heavy (non-hydrogen) atoms. The van der Waals surface area contributed by atoms with E-state index in [9.17, 15) is 4.79 Å². The van der Waals surface area contributed by atoms with Crippen molar-refractivity contribution in [3.63, 3.8) is 0 Å². The number of likely N-dealkylation sites (tertiary alicyclic amines) is 1. The maximum atomic E-state index is 12.0. The Morgan fingerprint density at radius 2 is 2.29 bits per heavy atom. The lowest BCUT2D eigenvalue weighted by Gasteiger charge is -2.30. The number of rotatable bonds is 6. The van der Waals surface area contributed by atoms with Gasteiger partial charge in [0.2, 0.25) is 11.8 Å². The fourth-order valence-electron chi connectivity index (χ4n) is 2.78. The van der Waals surface area contributed by atoms with Gasteiger partial charge in [-0.05, 0) is 32.2 Å². The molecule has 2 heterocycles. The quantitative estimate of drug-likeness (QED) is 0.779. The molecule has 1 saturated heterocycles. The van der Waals surface area contributed by atoms with Gasteiger partial charge in [0.15, 0.2) is 5.82 Å². The van der Waals surface area contributed by atoms with Gasteiger partial charge in [0.25, 0.3) is 0 Å². The van der Waals surface area contributed by atoms with Crippen LogP contribution in [0.1, 0.15) is 43.3 Å². The molecule has 7 heteroatoms. The van der Waals surface area contributed by atoms with Crippen molar-refractivity contribution < 1.29 is 9.32 Å². The number of carbonyl (C=O) groups excluding carboxylic acids is 1. The number of carbonyl (C=O) groups is 1. The van der Waals surface area contributed by atoms with Crippen LogP contribution >= 0.6 is 0 Å². The van der Waals surface area contributed by atoms with Crippen molar-refractivity contribution in [2.45, 2.75) is 38.1 Å². The van der Waals surface area contributed by atoms with E-state index >= 15 is 0 Å². The molecule has 1 atom stereocenters. The molecule has 1 aliphatic heterocycles. The van der Waals surface area contributed by atoms with Gasteiger partial charge in [-0.25, -0.2) is 0 Å². The van der Waals surface area contributed by atoms with Gasteiger partial charge >= 0.3 is 0 Å². The molecule has 1 aromatic rings. The Morgan fingerprint density at radius 3 is 3.05 bits per heavy atom. The van der Waals surface area contributed by atoms with E-state index in [-0.39, 0.29) is 11.8 Å². The third-order valence-electron chi connectivity index (χ3n) is 4.11. The summed E-state index contributed by atoms with van der Waals surface area (Å²) in [6.07, 6.45) is 4.30. The molecule has 116 valence electrons. The number of nitrogens with two attached hydrogens (primary N) is 1.